The standard InChI is InChI=1S/C17H16N2O2/c1-12-3-5-14(6-4-12)11-20-16-9-7-15(8-10-16)17-19-18-13(2)21-17/h3-10H,11H2,1-2H3. The minimum absolute atomic E-state index is 0.526. The number of rotatable bonds is 4. The van der Waals surface area contributed by atoms with Gasteiger partial charge < -0.3 is 9.15 Å². The highest BCUT2D eigenvalue weighted by Crippen LogP contribution is 2.21. The molecule has 1 aromatic heterocycles. The summed E-state index contributed by atoms with van der Waals surface area (Å²) in [5.74, 6) is 1.90. The Hall–Kier alpha value is -2.62. The minimum Gasteiger partial charge on any atom is -0.489 e. The molecule has 0 aliphatic carbocycles. The molecule has 3 aromatic rings. The maximum atomic E-state index is 5.76. The molecule has 0 fully saturated rings. The Kier molecular flexibility index (Phi) is 3.69. The van der Waals surface area contributed by atoms with Crippen LogP contribution in [0.1, 0.15) is 17.0 Å². The monoisotopic (exact) mass is 280 g/mol. The molecular weight excluding hydrogens is 264 g/mol. The van der Waals surface area contributed by atoms with E-state index in [1.54, 1.807) is 6.92 Å². The molecule has 0 saturated carbocycles. The van der Waals surface area contributed by atoms with E-state index < -0.39 is 0 Å². The Morgan fingerprint density at radius 2 is 1.62 bits per heavy atom. The molecule has 0 unspecified atom stereocenters. The van der Waals surface area contributed by atoms with Crippen LogP contribution in [0.4, 0.5) is 0 Å². The lowest BCUT2D eigenvalue weighted by Crippen LogP contribution is -1.95. The first-order valence-corrected chi connectivity index (χ1v) is 6.79. The lowest BCUT2D eigenvalue weighted by Gasteiger charge is -2.07. The van der Waals surface area contributed by atoms with Gasteiger partial charge in [-0.2, -0.15) is 0 Å². The SMILES string of the molecule is Cc1ccc(COc2ccc(-c3nnc(C)o3)cc2)cc1. The highest BCUT2D eigenvalue weighted by Gasteiger charge is 2.05. The van der Waals surface area contributed by atoms with Gasteiger partial charge in [-0.05, 0) is 36.8 Å². The largest absolute Gasteiger partial charge is 0.489 e. The summed E-state index contributed by atoms with van der Waals surface area (Å²) in [6.45, 7) is 4.40. The Labute approximate surface area is 123 Å². The van der Waals surface area contributed by atoms with Crippen LogP contribution in [0.15, 0.2) is 52.9 Å². The van der Waals surface area contributed by atoms with Crippen molar-refractivity contribution in [1.82, 2.24) is 10.2 Å². The zero-order valence-corrected chi connectivity index (χ0v) is 12.0. The Balaban J connectivity index is 1.65. The molecule has 0 aliphatic heterocycles. The number of nitrogens with zero attached hydrogens (tertiary/aromatic N) is 2. The van der Waals surface area contributed by atoms with Crippen LogP contribution >= 0.6 is 0 Å². The number of ether oxygens (including phenoxy) is 1. The summed E-state index contributed by atoms with van der Waals surface area (Å²) >= 11 is 0. The second-order valence-electron chi connectivity index (χ2n) is 4.92. The van der Waals surface area contributed by atoms with Crippen molar-refractivity contribution in [3.05, 3.63) is 65.5 Å². The van der Waals surface area contributed by atoms with Crippen molar-refractivity contribution in [3.8, 4) is 17.2 Å². The van der Waals surface area contributed by atoms with Gasteiger partial charge in [0, 0.05) is 12.5 Å². The van der Waals surface area contributed by atoms with Gasteiger partial charge in [-0.3, -0.25) is 0 Å². The summed E-state index contributed by atoms with van der Waals surface area (Å²) in [5.41, 5.74) is 3.29. The number of hydrogen-bond acceptors (Lipinski definition) is 4. The molecule has 21 heavy (non-hydrogen) atoms. The van der Waals surface area contributed by atoms with Crippen molar-refractivity contribution in [2.24, 2.45) is 0 Å². The molecule has 4 heteroatoms. The summed E-state index contributed by atoms with van der Waals surface area (Å²) in [4.78, 5) is 0. The maximum absolute atomic E-state index is 5.76. The van der Waals surface area contributed by atoms with Crippen LogP contribution in [0.3, 0.4) is 0 Å². The average molecular weight is 280 g/mol. The molecule has 0 aliphatic rings. The predicted octanol–water partition coefficient (Wildman–Crippen LogP) is 3.93. The molecule has 4 nitrogen and oxygen atoms in total. The third-order valence-electron chi connectivity index (χ3n) is 3.15. The first kappa shape index (κ1) is 13.4. The van der Waals surface area contributed by atoms with Gasteiger partial charge in [0.15, 0.2) is 0 Å². The van der Waals surface area contributed by atoms with E-state index in [0.29, 0.717) is 18.4 Å². The third kappa shape index (κ3) is 3.28. The lowest BCUT2D eigenvalue weighted by molar-refractivity contribution is 0.306. The maximum Gasteiger partial charge on any atom is 0.247 e. The van der Waals surface area contributed by atoms with Gasteiger partial charge in [0.05, 0.1) is 0 Å². The predicted molar refractivity (Wildman–Crippen MR) is 80.0 cm³/mol. The zero-order valence-electron chi connectivity index (χ0n) is 12.0. The van der Waals surface area contributed by atoms with Crippen molar-refractivity contribution < 1.29 is 9.15 Å². The van der Waals surface area contributed by atoms with E-state index in [1.807, 2.05) is 24.3 Å². The van der Waals surface area contributed by atoms with E-state index >= 15 is 0 Å². The van der Waals surface area contributed by atoms with Gasteiger partial charge in [-0.1, -0.05) is 29.8 Å². The molecule has 0 bridgehead atoms. The van der Waals surface area contributed by atoms with Crippen LogP contribution in [-0.4, -0.2) is 10.2 Å². The van der Waals surface area contributed by atoms with Crippen LogP contribution in [0.5, 0.6) is 5.75 Å². The van der Waals surface area contributed by atoms with E-state index in [0.717, 1.165) is 16.9 Å². The van der Waals surface area contributed by atoms with Gasteiger partial charge in [0.25, 0.3) is 0 Å². The molecule has 0 atom stereocenters. The average Bonchev–Trinajstić information content (AvgIpc) is 2.94. The third-order valence-corrected chi connectivity index (χ3v) is 3.15. The number of benzene rings is 2. The lowest BCUT2D eigenvalue weighted by atomic mass is 10.2. The van der Waals surface area contributed by atoms with Crippen molar-refractivity contribution >= 4 is 0 Å². The van der Waals surface area contributed by atoms with Crippen molar-refractivity contribution in [2.75, 3.05) is 0 Å². The highest BCUT2D eigenvalue weighted by atomic mass is 16.5. The molecule has 0 radical (unpaired) electrons. The summed E-state index contributed by atoms with van der Waals surface area (Å²) < 4.78 is 11.1. The van der Waals surface area contributed by atoms with Crippen LogP contribution < -0.4 is 4.74 Å². The first-order valence-electron chi connectivity index (χ1n) is 6.79. The number of aromatic nitrogens is 2. The van der Waals surface area contributed by atoms with E-state index in [2.05, 4.69) is 41.4 Å². The molecule has 3 rings (SSSR count). The van der Waals surface area contributed by atoms with Crippen LogP contribution in [-0.2, 0) is 6.61 Å². The first-order chi connectivity index (χ1) is 10.2. The molecule has 0 saturated heterocycles. The fourth-order valence-electron chi connectivity index (χ4n) is 1.96. The summed E-state index contributed by atoms with van der Waals surface area (Å²) in [6.07, 6.45) is 0. The Bertz CT molecular complexity index is 715. The van der Waals surface area contributed by atoms with Gasteiger partial charge in [-0.15, -0.1) is 10.2 Å². The molecule has 1 heterocycles. The van der Waals surface area contributed by atoms with E-state index in [-0.39, 0.29) is 0 Å². The molecule has 0 N–H and O–H groups in total. The van der Waals surface area contributed by atoms with Crippen molar-refractivity contribution in [2.45, 2.75) is 20.5 Å². The molecular formula is C17H16N2O2. The Morgan fingerprint density at radius 1 is 0.905 bits per heavy atom. The van der Waals surface area contributed by atoms with E-state index in [1.165, 1.54) is 5.56 Å². The molecule has 106 valence electrons. The summed E-state index contributed by atoms with van der Waals surface area (Å²) in [5, 5.41) is 7.81. The van der Waals surface area contributed by atoms with Crippen LogP contribution in [0, 0.1) is 13.8 Å². The summed E-state index contributed by atoms with van der Waals surface area (Å²) in [7, 11) is 0. The fraction of sp³-hybridized carbons (Fsp3) is 0.176. The van der Waals surface area contributed by atoms with Gasteiger partial charge in [0.1, 0.15) is 12.4 Å². The van der Waals surface area contributed by atoms with Gasteiger partial charge in [0.2, 0.25) is 11.8 Å². The second-order valence-corrected chi connectivity index (χ2v) is 4.92. The van der Waals surface area contributed by atoms with Crippen molar-refractivity contribution in [1.29, 1.82) is 0 Å². The molecule has 0 amide bonds. The van der Waals surface area contributed by atoms with Gasteiger partial charge in [-0.25, -0.2) is 0 Å². The van der Waals surface area contributed by atoms with Gasteiger partial charge >= 0.3 is 0 Å². The van der Waals surface area contributed by atoms with Crippen LogP contribution in [0.25, 0.3) is 11.5 Å². The summed E-state index contributed by atoms with van der Waals surface area (Å²) in [6, 6.07) is 16.0. The number of hydrogen-bond donors (Lipinski definition) is 0. The van der Waals surface area contributed by atoms with E-state index in [9.17, 15) is 0 Å². The van der Waals surface area contributed by atoms with Crippen LogP contribution in [0.2, 0.25) is 0 Å². The van der Waals surface area contributed by atoms with E-state index in [4.69, 9.17) is 9.15 Å². The fourth-order valence-corrected chi connectivity index (χ4v) is 1.96. The Morgan fingerprint density at radius 3 is 2.24 bits per heavy atom. The quantitative estimate of drug-likeness (QED) is 0.726. The molecule has 2 aromatic carbocycles. The normalized spacial score (nSPS) is 10.6. The second kappa shape index (κ2) is 5.79. The smallest absolute Gasteiger partial charge is 0.247 e. The van der Waals surface area contributed by atoms with Crippen molar-refractivity contribution in [3.63, 3.8) is 0 Å². The number of aryl methyl sites for hydroxylation is 2. The highest BCUT2D eigenvalue weighted by molar-refractivity contribution is 5.53. The topological polar surface area (TPSA) is 48.2 Å². The molecule has 0 spiro atoms. The zero-order chi connectivity index (χ0) is 14.7. The minimum atomic E-state index is 0.526.